The van der Waals surface area contributed by atoms with Crippen molar-refractivity contribution in [2.75, 3.05) is 20.3 Å². The van der Waals surface area contributed by atoms with Crippen LogP contribution in [0.3, 0.4) is 0 Å². The van der Waals surface area contributed by atoms with E-state index in [0.29, 0.717) is 24.2 Å². The van der Waals surface area contributed by atoms with Crippen LogP contribution in [-0.2, 0) is 26.1 Å². The molecule has 0 aromatic heterocycles. The van der Waals surface area contributed by atoms with E-state index >= 15 is 0 Å². The van der Waals surface area contributed by atoms with Gasteiger partial charge in [0, 0.05) is 31.0 Å². The van der Waals surface area contributed by atoms with Crippen LogP contribution in [-0.4, -0.2) is 49.2 Å². The molecule has 1 saturated heterocycles. The minimum atomic E-state index is -0.256. The maximum Gasteiger partial charge on any atom is 0.338 e. The standard InChI is InChI=1S/C26H37NO4/c1-6-31-24(29)19-8-7-18-16-22-25(2,3)26(4,21(18)15-19)13-14-27(22)23(28)17-9-11-20(30-5)12-10-17/h7-8,15,17,20,22H,6,9-14,16H2,1-5H3/t17?,20?,22-,26+/m1/s1. The number of methoxy groups -OCH3 is 1. The van der Waals surface area contributed by atoms with Crippen LogP contribution in [0.1, 0.15) is 81.3 Å². The third-order valence-electron chi connectivity index (χ3n) is 8.75. The molecule has 0 unspecified atom stereocenters. The second-order valence-corrected chi connectivity index (χ2v) is 10.4. The highest BCUT2D eigenvalue weighted by atomic mass is 16.5. The largest absolute Gasteiger partial charge is 0.462 e. The first-order chi connectivity index (χ1) is 14.7. The van der Waals surface area contributed by atoms with E-state index in [2.05, 4.69) is 37.8 Å². The lowest BCUT2D eigenvalue weighted by atomic mass is 9.50. The Balaban J connectivity index is 1.62. The highest BCUT2D eigenvalue weighted by Crippen LogP contribution is 2.56. The van der Waals surface area contributed by atoms with Gasteiger partial charge in [-0.2, -0.15) is 0 Å². The van der Waals surface area contributed by atoms with Crippen LogP contribution in [0.4, 0.5) is 0 Å². The van der Waals surface area contributed by atoms with Crippen LogP contribution >= 0.6 is 0 Å². The molecule has 0 spiro atoms. The van der Waals surface area contributed by atoms with E-state index in [0.717, 1.165) is 45.1 Å². The predicted molar refractivity (Wildman–Crippen MR) is 120 cm³/mol. The van der Waals surface area contributed by atoms with Gasteiger partial charge in [0.05, 0.1) is 18.3 Å². The summed E-state index contributed by atoms with van der Waals surface area (Å²) in [7, 11) is 1.77. The van der Waals surface area contributed by atoms with Gasteiger partial charge in [-0.05, 0) is 74.1 Å². The van der Waals surface area contributed by atoms with Crippen LogP contribution in [0.25, 0.3) is 0 Å². The molecule has 1 aromatic rings. The summed E-state index contributed by atoms with van der Waals surface area (Å²) in [5.74, 6) is 0.202. The number of hydrogen-bond acceptors (Lipinski definition) is 4. The van der Waals surface area contributed by atoms with Crippen molar-refractivity contribution in [1.82, 2.24) is 4.90 Å². The van der Waals surface area contributed by atoms with E-state index < -0.39 is 0 Å². The minimum Gasteiger partial charge on any atom is -0.462 e. The molecule has 5 nitrogen and oxygen atoms in total. The zero-order valence-corrected chi connectivity index (χ0v) is 19.7. The van der Waals surface area contributed by atoms with Crippen molar-refractivity contribution in [3.63, 3.8) is 0 Å². The molecule has 1 aliphatic heterocycles. The molecular formula is C26H37NO4. The lowest BCUT2D eigenvalue weighted by molar-refractivity contribution is -0.150. The second-order valence-electron chi connectivity index (χ2n) is 10.4. The smallest absolute Gasteiger partial charge is 0.338 e. The molecule has 0 radical (unpaired) electrons. The number of esters is 1. The van der Waals surface area contributed by atoms with E-state index in [4.69, 9.17) is 9.47 Å². The van der Waals surface area contributed by atoms with Crippen molar-refractivity contribution >= 4 is 11.9 Å². The quantitative estimate of drug-likeness (QED) is 0.664. The Labute approximate surface area is 186 Å². The van der Waals surface area contributed by atoms with Gasteiger partial charge in [0.2, 0.25) is 5.91 Å². The maximum atomic E-state index is 13.6. The summed E-state index contributed by atoms with van der Waals surface area (Å²) in [6, 6.07) is 6.20. The second kappa shape index (κ2) is 8.23. The summed E-state index contributed by atoms with van der Waals surface area (Å²) in [4.78, 5) is 28.1. The maximum absolute atomic E-state index is 13.6. The van der Waals surface area contributed by atoms with Gasteiger partial charge in [-0.1, -0.05) is 26.8 Å². The highest BCUT2D eigenvalue weighted by Gasteiger charge is 2.57. The Morgan fingerprint density at radius 1 is 1.13 bits per heavy atom. The van der Waals surface area contributed by atoms with E-state index in [1.54, 1.807) is 7.11 Å². The predicted octanol–water partition coefficient (Wildman–Crippen LogP) is 4.51. The molecule has 2 atom stereocenters. The van der Waals surface area contributed by atoms with Crippen molar-refractivity contribution in [2.45, 2.75) is 83.8 Å². The Hall–Kier alpha value is -1.88. The molecule has 0 N–H and O–H groups in total. The molecule has 5 heteroatoms. The lowest BCUT2D eigenvalue weighted by Gasteiger charge is -2.61. The lowest BCUT2D eigenvalue weighted by Crippen LogP contribution is -2.65. The van der Waals surface area contributed by atoms with Gasteiger partial charge in [0.1, 0.15) is 0 Å². The molecule has 1 heterocycles. The van der Waals surface area contributed by atoms with E-state index in [1.807, 2.05) is 13.0 Å². The van der Waals surface area contributed by atoms with Crippen LogP contribution in [0.15, 0.2) is 18.2 Å². The van der Waals surface area contributed by atoms with Crippen LogP contribution in [0.2, 0.25) is 0 Å². The first-order valence-electron chi connectivity index (χ1n) is 11.9. The van der Waals surface area contributed by atoms with E-state index in [-0.39, 0.29) is 28.8 Å². The monoisotopic (exact) mass is 427 g/mol. The van der Waals surface area contributed by atoms with Gasteiger partial charge in [0.25, 0.3) is 0 Å². The number of likely N-dealkylation sites (tertiary alicyclic amines) is 1. The van der Waals surface area contributed by atoms with Crippen LogP contribution < -0.4 is 0 Å². The van der Waals surface area contributed by atoms with Crippen molar-refractivity contribution < 1.29 is 19.1 Å². The molecular weight excluding hydrogens is 390 g/mol. The summed E-state index contributed by atoms with van der Waals surface area (Å²) in [5.41, 5.74) is 2.99. The van der Waals surface area contributed by atoms with Gasteiger partial charge in [-0.25, -0.2) is 4.79 Å². The fourth-order valence-corrected chi connectivity index (χ4v) is 6.29. The molecule has 4 rings (SSSR count). The molecule has 170 valence electrons. The Morgan fingerprint density at radius 3 is 2.48 bits per heavy atom. The minimum absolute atomic E-state index is 0.0784. The molecule has 31 heavy (non-hydrogen) atoms. The van der Waals surface area contributed by atoms with Crippen LogP contribution in [0.5, 0.6) is 0 Å². The first kappa shape index (κ1) is 22.3. The average molecular weight is 428 g/mol. The number of rotatable bonds is 4. The van der Waals surface area contributed by atoms with Gasteiger partial charge >= 0.3 is 5.97 Å². The fraction of sp³-hybridized carbons (Fsp3) is 0.692. The molecule has 1 saturated carbocycles. The highest BCUT2D eigenvalue weighted by molar-refractivity contribution is 5.90. The molecule has 1 amide bonds. The van der Waals surface area contributed by atoms with Crippen molar-refractivity contribution in [3.8, 4) is 0 Å². The van der Waals surface area contributed by atoms with Gasteiger partial charge < -0.3 is 14.4 Å². The number of amides is 1. The number of piperidine rings is 1. The third-order valence-corrected chi connectivity index (χ3v) is 8.75. The zero-order valence-electron chi connectivity index (χ0n) is 19.7. The van der Waals surface area contributed by atoms with E-state index in [1.165, 1.54) is 11.1 Å². The normalized spacial score (nSPS) is 31.6. The Bertz CT molecular complexity index is 855. The van der Waals surface area contributed by atoms with Crippen molar-refractivity contribution in [3.05, 3.63) is 34.9 Å². The summed E-state index contributed by atoms with van der Waals surface area (Å²) in [6.07, 6.45) is 5.88. The summed E-state index contributed by atoms with van der Waals surface area (Å²) in [6.45, 7) is 9.93. The van der Waals surface area contributed by atoms with Crippen molar-refractivity contribution in [1.29, 1.82) is 0 Å². The topological polar surface area (TPSA) is 55.8 Å². The summed E-state index contributed by atoms with van der Waals surface area (Å²) in [5, 5.41) is 0. The number of carbonyl (C=O) groups is 2. The molecule has 2 bridgehead atoms. The molecule has 2 fully saturated rings. The number of nitrogens with zero attached hydrogens (tertiary/aromatic N) is 1. The average Bonchev–Trinajstić information content (AvgIpc) is 2.76. The molecule has 3 aliphatic rings. The summed E-state index contributed by atoms with van der Waals surface area (Å²) < 4.78 is 10.7. The van der Waals surface area contributed by atoms with Gasteiger partial charge in [0.15, 0.2) is 0 Å². The molecule has 1 aromatic carbocycles. The van der Waals surface area contributed by atoms with Gasteiger partial charge in [-0.15, -0.1) is 0 Å². The van der Waals surface area contributed by atoms with Crippen molar-refractivity contribution in [2.24, 2.45) is 11.3 Å². The fourth-order valence-electron chi connectivity index (χ4n) is 6.29. The van der Waals surface area contributed by atoms with E-state index in [9.17, 15) is 9.59 Å². The SMILES string of the molecule is CCOC(=O)c1ccc2c(c1)[C@]1(C)CCN(C(=O)C3CCC(OC)CC3)[C@H](C2)C1(C)C. The number of fused-ring (bicyclic) bond motifs is 4. The zero-order chi connectivity index (χ0) is 22.4. The van der Waals surface area contributed by atoms with Crippen LogP contribution in [0, 0.1) is 11.3 Å². The Morgan fingerprint density at radius 2 is 1.84 bits per heavy atom. The number of ether oxygens (including phenoxy) is 2. The number of hydrogen-bond donors (Lipinski definition) is 0. The molecule has 2 aliphatic carbocycles. The Kier molecular flexibility index (Phi) is 5.93. The van der Waals surface area contributed by atoms with Gasteiger partial charge in [-0.3, -0.25) is 4.79 Å². The summed E-state index contributed by atoms with van der Waals surface area (Å²) >= 11 is 0. The first-order valence-corrected chi connectivity index (χ1v) is 11.9. The third kappa shape index (κ3) is 3.59. The number of carbonyl (C=O) groups excluding carboxylic acids is 2. The number of benzene rings is 1.